The molecule has 5 amide bonds. The Morgan fingerprint density at radius 2 is 2.10 bits per heavy atom. The van der Waals surface area contributed by atoms with Gasteiger partial charge in [-0.25, -0.2) is 0 Å². The normalized spacial score (nSPS) is 18.8. The van der Waals surface area contributed by atoms with E-state index in [-0.39, 0.29) is 25.1 Å². The highest BCUT2D eigenvalue weighted by molar-refractivity contribution is 6.18. The lowest BCUT2D eigenvalue weighted by molar-refractivity contribution is -0.150. The summed E-state index contributed by atoms with van der Waals surface area (Å²) in [6, 6.07) is 5.68. The summed E-state index contributed by atoms with van der Waals surface area (Å²) in [5.74, 6) is -0.424. The topological polar surface area (TPSA) is 116 Å². The molecular weight excluding hydrogens is 376 g/mol. The number of imide groups is 2. The molecule has 29 heavy (non-hydrogen) atoms. The first-order chi connectivity index (χ1) is 13.8. The van der Waals surface area contributed by atoms with Crippen LogP contribution < -0.4 is 10.6 Å². The van der Waals surface area contributed by atoms with E-state index in [1.807, 2.05) is 0 Å². The average Bonchev–Trinajstić information content (AvgIpc) is 2.96. The van der Waals surface area contributed by atoms with Gasteiger partial charge >= 0.3 is 0 Å². The Kier molecular flexibility index (Phi) is 5.45. The number of carbonyl (C=O) groups excluding carboxylic acids is 5. The van der Waals surface area contributed by atoms with E-state index in [9.17, 15) is 24.0 Å². The summed E-state index contributed by atoms with van der Waals surface area (Å²) in [7, 11) is 1.49. The molecule has 1 atom stereocenters. The minimum Gasteiger partial charge on any atom is -0.361 e. The van der Waals surface area contributed by atoms with Gasteiger partial charge < -0.3 is 10.2 Å². The van der Waals surface area contributed by atoms with Gasteiger partial charge in [0.05, 0.1) is 6.54 Å². The zero-order chi connectivity index (χ0) is 21.1. The summed E-state index contributed by atoms with van der Waals surface area (Å²) in [6.45, 7) is -0.200. The molecule has 0 bridgehead atoms. The number of hydrogen-bond donors (Lipinski definition) is 2. The van der Waals surface area contributed by atoms with E-state index in [2.05, 4.69) is 16.6 Å². The summed E-state index contributed by atoms with van der Waals surface area (Å²) in [5.41, 5.74) is 1.11. The molecule has 0 spiro atoms. The van der Waals surface area contributed by atoms with Gasteiger partial charge in [0.2, 0.25) is 17.7 Å². The van der Waals surface area contributed by atoms with E-state index in [1.54, 1.807) is 24.3 Å². The van der Waals surface area contributed by atoms with Gasteiger partial charge in [0, 0.05) is 30.8 Å². The summed E-state index contributed by atoms with van der Waals surface area (Å²) >= 11 is 0. The highest BCUT2D eigenvalue weighted by Crippen LogP contribution is 2.22. The van der Waals surface area contributed by atoms with Crippen LogP contribution in [0.4, 0.5) is 5.69 Å². The zero-order valence-electron chi connectivity index (χ0n) is 15.6. The number of benzene rings is 1. The standard InChI is InChI=1S/C20H18N4O5/c1-3-12-5-4-6-13(9-12)21-17(26)11-23(2)15-10-18(27)24(20(15)29)14-7-8-16(25)22-19(14)28/h1,4-6,9-10,14H,7-8,11H2,2H3,(H,21,26)(H,22,25,28). The minimum atomic E-state index is -1.05. The fourth-order valence-corrected chi connectivity index (χ4v) is 3.16. The molecule has 2 heterocycles. The van der Waals surface area contributed by atoms with Gasteiger partial charge in [0.25, 0.3) is 11.8 Å². The van der Waals surface area contributed by atoms with Crippen LogP contribution in [0, 0.1) is 12.3 Å². The summed E-state index contributed by atoms with van der Waals surface area (Å²) in [4.78, 5) is 62.7. The summed E-state index contributed by atoms with van der Waals surface area (Å²) < 4.78 is 0. The van der Waals surface area contributed by atoms with Crippen LogP contribution in [-0.2, 0) is 24.0 Å². The van der Waals surface area contributed by atoms with Crippen LogP contribution in [0.15, 0.2) is 36.0 Å². The van der Waals surface area contributed by atoms with Crippen molar-refractivity contribution in [2.24, 2.45) is 0 Å². The first kappa shape index (κ1) is 19.8. The van der Waals surface area contributed by atoms with E-state index >= 15 is 0 Å². The number of piperidine rings is 1. The molecule has 2 aliphatic rings. The first-order valence-electron chi connectivity index (χ1n) is 8.80. The molecule has 1 fully saturated rings. The van der Waals surface area contributed by atoms with E-state index < -0.39 is 35.6 Å². The van der Waals surface area contributed by atoms with Crippen LogP contribution in [0.5, 0.6) is 0 Å². The molecule has 1 unspecified atom stereocenters. The van der Waals surface area contributed by atoms with Crippen LogP contribution >= 0.6 is 0 Å². The quantitative estimate of drug-likeness (QED) is 0.518. The molecule has 148 valence electrons. The van der Waals surface area contributed by atoms with Crippen molar-refractivity contribution in [3.8, 4) is 12.3 Å². The third-order valence-corrected chi connectivity index (χ3v) is 4.56. The van der Waals surface area contributed by atoms with Gasteiger partial charge in [-0.3, -0.25) is 34.2 Å². The van der Waals surface area contributed by atoms with Gasteiger partial charge in [-0.2, -0.15) is 0 Å². The molecule has 2 N–H and O–H groups in total. The number of carbonyl (C=O) groups is 5. The molecule has 1 aromatic carbocycles. The molecule has 9 heteroatoms. The van der Waals surface area contributed by atoms with E-state index in [0.717, 1.165) is 11.0 Å². The Balaban J connectivity index is 1.65. The maximum absolute atomic E-state index is 12.7. The number of amides is 5. The number of hydrogen-bond acceptors (Lipinski definition) is 6. The average molecular weight is 394 g/mol. The van der Waals surface area contributed by atoms with E-state index in [1.165, 1.54) is 11.9 Å². The molecule has 0 saturated carbocycles. The highest BCUT2D eigenvalue weighted by Gasteiger charge is 2.43. The zero-order valence-corrected chi connectivity index (χ0v) is 15.6. The third kappa shape index (κ3) is 4.16. The predicted octanol–water partition coefficient (Wildman–Crippen LogP) is -0.404. The minimum absolute atomic E-state index is 0.00720. The van der Waals surface area contributed by atoms with Crippen LogP contribution in [0.3, 0.4) is 0 Å². The molecule has 3 rings (SSSR count). The second-order valence-corrected chi connectivity index (χ2v) is 6.64. The van der Waals surface area contributed by atoms with Crippen molar-refractivity contribution in [3.05, 3.63) is 41.6 Å². The van der Waals surface area contributed by atoms with Crippen molar-refractivity contribution >= 4 is 35.2 Å². The molecule has 1 saturated heterocycles. The number of nitrogens with one attached hydrogen (secondary N) is 2. The van der Waals surface area contributed by atoms with Gasteiger partial charge in [-0.15, -0.1) is 6.42 Å². The van der Waals surface area contributed by atoms with Crippen LogP contribution in [0.1, 0.15) is 18.4 Å². The van der Waals surface area contributed by atoms with Crippen LogP contribution in [-0.4, -0.2) is 59.0 Å². The van der Waals surface area contributed by atoms with Gasteiger partial charge in [-0.1, -0.05) is 12.0 Å². The lowest BCUT2D eigenvalue weighted by atomic mass is 10.0. The lowest BCUT2D eigenvalue weighted by Gasteiger charge is -2.29. The Hall–Kier alpha value is -3.93. The van der Waals surface area contributed by atoms with E-state index in [0.29, 0.717) is 11.3 Å². The maximum atomic E-state index is 12.7. The third-order valence-electron chi connectivity index (χ3n) is 4.56. The monoisotopic (exact) mass is 394 g/mol. The number of terminal acetylenes is 1. The van der Waals surface area contributed by atoms with Crippen LogP contribution in [0.25, 0.3) is 0 Å². The van der Waals surface area contributed by atoms with Gasteiger partial charge in [-0.05, 0) is 24.6 Å². The molecule has 9 nitrogen and oxygen atoms in total. The summed E-state index contributed by atoms with van der Waals surface area (Å²) in [6.07, 6.45) is 6.52. The second kappa shape index (κ2) is 7.98. The van der Waals surface area contributed by atoms with Crippen molar-refractivity contribution < 1.29 is 24.0 Å². The van der Waals surface area contributed by atoms with Crippen LogP contribution in [0.2, 0.25) is 0 Å². The smallest absolute Gasteiger partial charge is 0.277 e. The molecule has 0 aliphatic carbocycles. The van der Waals surface area contributed by atoms with Crippen molar-refractivity contribution in [1.82, 2.24) is 15.1 Å². The number of nitrogens with zero attached hydrogens (tertiary/aromatic N) is 2. The van der Waals surface area contributed by atoms with Crippen molar-refractivity contribution in [2.45, 2.75) is 18.9 Å². The van der Waals surface area contributed by atoms with Crippen molar-refractivity contribution in [2.75, 3.05) is 18.9 Å². The number of anilines is 1. The second-order valence-electron chi connectivity index (χ2n) is 6.64. The molecule has 0 radical (unpaired) electrons. The van der Waals surface area contributed by atoms with Gasteiger partial charge in [0.15, 0.2) is 0 Å². The Bertz CT molecular complexity index is 991. The molecular formula is C20H18N4O5. The predicted molar refractivity (Wildman–Crippen MR) is 102 cm³/mol. The molecule has 2 aliphatic heterocycles. The SMILES string of the molecule is C#Cc1cccc(NC(=O)CN(C)C2=CC(=O)N(C3CCC(=O)NC3=O)C2=O)c1. The largest absolute Gasteiger partial charge is 0.361 e. The fourth-order valence-electron chi connectivity index (χ4n) is 3.16. The number of rotatable bonds is 5. The van der Waals surface area contributed by atoms with Crippen molar-refractivity contribution in [1.29, 1.82) is 0 Å². The first-order valence-corrected chi connectivity index (χ1v) is 8.80. The molecule has 0 aromatic heterocycles. The van der Waals surface area contributed by atoms with Gasteiger partial charge in [0.1, 0.15) is 11.7 Å². The fraction of sp³-hybridized carbons (Fsp3) is 0.250. The Morgan fingerprint density at radius 1 is 1.34 bits per heavy atom. The molecule has 1 aromatic rings. The highest BCUT2D eigenvalue weighted by atomic mass is 16.2. The Morgan fingerprint density at radius 3 is 2.79 bits per heavy atom. The maximum Gasteiger partial charge on any atom is 0.277 e. The van der Waals surface area contributed by atoms with Crippen molar-refractivity contribution in [3.63, 3.8) is 0 Å². The summed E-state index contributed by atoms with van der Waals surface area (Å²) in [5, 5.41) is 4.79. The van der Waals surface area contributed by atoms with E-state index in [4.69, 9.17) is 6.42 Å². The Labute approximate surface area is 166 Å². The lowest BCUT2D eigenvalue weighted by Crippen LogP contribution is -2.55. The number of likely N-dealkylation sites (N-methyl/N-ethyl adjacent to an activating group) is 1.